The Hall–Kier alpha value is -1.73. The molecule has 21 heavy (non-hydrogen) atoms. The second kappa shape index (κ2) is 5.95. The summed E-state index contributed by atoms with van der Waals surface area (Å²) in [5.74, 6) is -0.722. The third-order valence-electron chi connectivity index (χ3n) is 3.26. The fourth-order valence-corrected chi connectivity index (χ4v) is 2.69. The van der Waals surface area contributed by atoms with Crippen LogP contribution in [0.3, 0.4) is 0 Å². The molecule has 0 aliphatic carbocycles. The average Bonchev–Trinajstić information content (AvgIpc) is 2.49. The Bertz CT molecular complexity index is 700. The van der Waals surface area contributed by atoms with Gasteiger partial charge in [-0.25, -0.2) is 0 Å². The van der Waals surface area contributed by atoms with Crippen molar-refractivity contribution in [1.29, 1.82) is 0 Å². The Morgan fingerprint density at radius 2 is 1.86 bits per heavy atom. The van der Waals surface area contributed by atoms with Gasteiger partial charge in [0.1, 0.15) is 6.61 Å². The quantitative estimate of drug-likeness (QED) is 0.595. The van der Waals surface area contributed by atoms with E-state index >= 15 is 0 Å². The predicted octanol–water partition coefficient (Wildman–Crippen LogP) is 2.95. The predicted molar refractivity (Wildman–Crippen MR) is 85.3 cm³/mol. The Kier molecular flexibility index (Phi) is 4.03. The summed E-state index contributed by atoms with van der Waals surface area (Å²) in [7, 11) is 0. The summed E-state index contributed by atoms with van der Waals surface area (Å²) in [6.07, 6.45) is 0.187. The summed E-state index contributed by atoms with van der Waals surface area (Å²) in [5.41, 5.74) is 2.20. The Balaban J connectivity index is 1.80. The molecule has 1 aliphatic heterocycles. The highest BCUT2D eigenvalue weighted by molar-refractivity contribution is 14.1. The zero-order valence-electron chi connectivity index (χ0n) is 11.1. The van der Waals surface area contributed by atoms with Crippen molar-refractivity contribution in [3.05, 3.63) is 68.8 Å². The van der Waals surface area contributed by atoms with E-state index in [2.05, 4.69) is 22.6 Å². The normalized spacial score (nSPS) is 14.2. The maximum atomic E-state index is 12.4. The van der Waals surface area contributed by atoms with Crippen molar-refractivity contribution >= 4 is 34.4 Å². The minimum absolute atomic E-state index is 0.187. The molecule has 1 aliphatic rings. The highest BCUT2D eigenvalue weighted by Crippen LogP contribution is 2.22. The molecule has 0 aromatic heterocycles. The van der Waals surface area contributed by atoms with Gasteiger partial charge in [-0.2, -0.15) is 0 Å². The van der Waals surface area contributed by atoms with E-state index in [9.17, 15) is 9.59 Å². The van der Waals surface area contributed by atoms with Crippen molar-refractivity contribution in [3.63, 3.8) is 0 Å². The van der Waals surface area contributed by atoms with Gasteiger partial charge in [-0.1, -0.05) is 36.4 Å². The third-order valence-corrected chi connectivity index (χ3v) is 3.93. The minimum Gasteiger partial charge on any atom is -0.272 e. The number of amides is 2. The van der Waals surface area contributed by atoms with Crippen molar-refractivity contribution in [1.82, 2.24) is 5.06 Å². The maximum Gasteiger partial charge on any atom is 0.285 e. The second-order valence-electron chi connectivity index (χ2n) is 4.73. The second-order valence-corrected chi connectivity index (χ2v) is 5.98. The Morgan fingerprint density at radius 1 is 1.10 bits per heavy atom. The first-order valence-electron chi connectivity index (χ1n) is 6.48. The monoisotopic (exact) mass is 393 g/mol. The number of rotatable bonds is 3. The van der Waals surface area contributed by atoms with Crippen LogP contribution in [-0.2, 0) is 22.7 Å². The molecule has 0 saturated heterocycles. The van der Waals surface area contributed by atoms with Crippen LogP contribution < -0.4 is 0 Å². The van der Waals surface area contributed by atoms with Crippen molar-refractivity contribution in [2.45, 2.75) is 13.0 Å². The molecule has 0 radical (unpaired) electrons. The number of hydroxylamine groups is 2. The first kappa shape index (κ1) is 14.2. The first-order valence-corrected chi connectivity index (χ1v) is 7.55. The number of carbonyl (C=O) groups is 2. The van der Waals surface area contributed by atoms with Crippen LogP contribution in [0.1, 0.15) is 21.5 Å². The molecular formula is C16H12INO3. The minimum atomic E-state index is -0.393. The van der Waals surface area contributed by atoms with Crippen LogP contribution >= 0.6 is 22.6 Å². The van der Waals surface area contributed by atoms with E-state index in [0.29, 0.717) is 5.56 Å². The summed E-state index contributed by atoms with van der Waals surface area (Å²) in [6.45, 7) is 0.192. The van der Waals surface area contributed by atoms with Crippen molar-refractivity contribution < 1.29 is 14.4 Å². The highest BCUT2D eigenvalue weighted by Gasteiger charge is 2.32. The summed E-state index contributed by atoms with van der Waals surface area (Å²) in [6, 6.07) is 14.9. The zero-order chi connectivity index (χ0) is 14.8. The van der Waals surface area contributed by atoms with Crippen molar-refractivity contribution in [2.24, 2.45) is 0 Å². The van der Waals surface area contributed by atoms with Crippen molar-refractivity contribution in [3.8, 4) is 0 Å². The Morgan fingerprint density at radius 3 is 2.62 bits per heavy atom. The van der Waals surface area contributed by atoms with Crippen LogP contribution in [-0.4, -0.2) is 16.9 Å². The fourth-order valence-electron chi connectivity index (χ4n) is 2.20. The highest BCUT2D eigenvalue weighted by atomic mass is 127. The standard InChI is InChI=1S/C16H12INO3/c17-13-7-6-12-8-15(19)18(16(20)14(12)9-13)21-10-11-4-2-1-3-5-11/h1-7,9H,8,10H2. The molecule has 5 heteroatoms. The first-order chi connectivity index (χ1) is 10.1. The summed E-state index contributed by atoms with van der Waals surface area (Å²) < 4.78 is 0.956. The molecule has 0 atom stereocenters. The fraction of sp³-hybridized carbons (Fsp3) is 0.125. The molecular weight excluding hydrogens is 381 g/mol. The third kappa shape index (κ3) is 2.98. The molecule has 4 nitrogen and oxygen atoms in total. The molecule has 1 heterocycles. The number of hydrogen-bond acceptors (Lipinski definition) is 3. The van der Waals surface area contributed by atoms with Crippen LogP contribution in [0.4, 0.5) is 0 Å². The van der Waals surface area contributed by atoms with E-state index in [1.54, 1.807) is 6.07 Å². The molecule has 2 aromatic rings. The van der Waals surface area contributed by atoms with Gasteiger partial charge < -0.3 is 0 Å². The van der Waals surface area contributed by atoms with Crippen LogP contribution in [0.5, 0.6) is 0 Å². The van der Waals surface area contributed by atoms with Gasteiger partial charge in [0.05, 0.1) is 6.42 Å². The molecule has 0 bridgehead atoms. The van der Waals surface area contributed by atoms with Gasteiger partial charge in [0.15, 0.2) is 0 Å². The lowest BCUT2D eigenvalue weighted by Crippen LogP contribution is -2.42. The van der Waals surface area contributed by atoms with Crippen LogP contribution in [0.15, 0.2) is 48.5 Å². The largest absolute Gasteiger partial charge is 0.285 e. The average molecular weight is 393 g/mol. The molecule has 2 amide bonds. The number of carbonyl (C=O) groups excluding carboxylic acids is 2. The van der Waals surface area contributed by atoms with Gasteiger partial charge in [0.2, 0.25) is 0 Å². The number of hydrogen-bond donors (Lipinski definition) is 0. The lowest BCUT2D eigenvalue weighted by Gasteiger charge is -2.25. The molecule has 3 rings (SSSR count). The molecule has 0 spiro atoms. The van der Waals surface area contributed by atoms with Gasteiger partial charge in [0, 0.05) is 9.13 Å². The SMILES string of the molecule is O=C1Cc2ccc(I)cc2C(=O)N1OCc1ccccc1. The molecule has 2 aromatic carbocycles. The van der Waals surface area contributed by atoms with E-state index in [0.717, 1.165) is 19.8 Å². The summed E-state index contributed by atoms with van der Waals surface area (Å²) in [4.78, 5) is 29.9. The van der Waals surface area contributed by atoms with E-state index in [1.807, 2.05) is 42.5 Å². The molecule has 0 saturated carbocycles. The molecule has 106 valence electrons. The zero-order valence-corrected chi connectivity index (χ0v) is 13.2. The summed E-state index contributed by atoms with van der Waals surface area (Å²) >= 11 is 2.14. The van der Waals surface area contributed by atoms with E-state index in [1.165, 1.54) is 0 Å². The van der Waals surface area contributed by atoms with Gasteiger partial charge in [-0.05, 0) is 45.9 Å². The van der Waals surface area contributed by atoms with E-state index < -0.39 is 5.91 Å². The van der Waals surface area contributed by atoms with Crippen LogP contribution in [0.2, 0.25) is 0 Å². The van der Waals surface area contributed by atoms with Crippen LogP contribution in [0.25, 0.3) is 0 Å². The number of benzene rings is 2. The number of halogens is 1. The lowest BCUT2D eigenvalue weighted by atomic mass is 10.00. The number of fused-ring (bicyclic) bond motifs is 1. The maximum absolute atomic E-state index is 12.4. The lowest BCUT2D eigenvalue weighted by molar-refractivity contribution is -0.174. The van der Waals surface area contributed by atoms with Gasteiger partial charge in [-0.3, -0.25) is 14.4 Å². The molecule has 0 unspecified atom stereocenters. The van der Waals surface area contributed by atoms with Crippen molar-refractivity contribution in [2.75, 3.05) is 0 Å². The summed E-state index contributed by atoms with van der Waals surface area (Å²) in [5, 5.41) is 0.880. The Labute approximate surface area is 135 Å². The number of nitrogens with zero attached hydrogens (tertiary/aromatic N) is 1. The number of imide groups is 1. The van der Waals surface area contributed by atoms with E-state index in [-0.39, 0.29) is 18.9 Å². The topological polar surface area (TPSA) is 46.6 Å². The van der Waals surface area contributed by atoms with Gasteiger partial charge in [0.25, 0.3) is 11.8 Å². The molecule has 0 N–H and O–H groups in total. The van der Waals surface area contributed by atoms with Gasteiger partial charge >= 0.3 is 0 Å². The van der Waals surface area contributed by atoms with E-state index in [4.69, 9.17) is 4.84 Å². The van der Waals surface area contributed by atoms with Crippen LogP contribution in [0, 0.1) is 3.57 Å². The smallest absolute Gasteiger partial charge is 0.272 e. The molecule has 0 fully saturated rings. The van der Waals surface area contributed by atoms with Gasteiger partial charge in [-0.15, -0.1) is 5.06 Å².